The van der Waals surface area contributed by atoms with Crippen molar-refractivity contribution in [1.82, 2.24) is 4.98 Å². The van der Waals surface area contributed by atoms with Crippen LogP contribution in [0.3, 0.4) is 0 Å². The Kier molecular flexibility index (Phi) is 2.07. The summed E-state index contributed by atoms with van der Waals surface area (Å²) >= 11 is 0. The van der Waals surface area contributed by atoms with Gasteiger partial charge in [0.1, 0.15) is 0 Å². The van der Waals surface area contributed by atoms with Crippen molar-refractivity contribution < 1.29 is 14.4 Å². The molecule has 0 aromatic carbocycles. The first-order valence-electron chi connectivity index (χ1n) is 2.86. The lowest BCUT2D eigenvalue weighted by Gasteiger charge is -1.97. The van der Waals surface area contributed by atoms with E-state index in [2.05, 4.69) is 0 Å². The number of rotatable bonds is 1. The zero-order valence-electron chi connectivity index (χ0n) is 5.41. The molecule has 0 aliphatic rings. The molecule has 1 heterocycles. The Bertz CT molecular complexity index is 311. The van der Waals surface area contributed by atoms with E-state index in [1.165, 1.54) is 0 Å². The highest BCUT2D eigenvalue weighted by atomic mass is 19.1. The van der Waals surface area contributed by atoms with Gasteiger partial charge in [0.2, 0.25) is 0 Å². The fourth-order valence-corrected chi connectivity index (χ4v) is 0.707. The van der Waals surface area contributed by atoms with E-state index in [9.17, 15) is 9.18 Å². The SMILES string of the molecule is O=c1cc[nH]c(F)c1B(O)O. The van der Waals surface area contributed by atoms with Gasteiger partial charge in [0.05, 0.1) is 5.46 Å². The Morgan fingerprint density at radius 3 is 2.55 bits per heavy atom. The fraction of sp³-hybridized carbons (Fsp3) is 0. The summed E-state index contributed by atoms with van der Waals surface area (Å²) in [5.41, 5.74) is -1.40. The highest BCUT2D eigenvalue weighted by molar-refractivity contribution is 6.58. The maximum Gasteiger partial charge on any atom is 0.497 e. The van der Waals surface area contributed by atoms with E-state index in [1.54, 1.807) is 0 Å². The van der Waals surface area contributed by atoms with Crippen LogP contribution in [0.5, 0.6) is 0 Å². The van der Waals surface area contributed by atoms with Gasteiger partial charge in [-0.3, -0.25) is 4.79 Å². The van der Waals surface area contributed by atoms with Gasteiger partial charge in [0.15, 0.2) is 11.4 Å². The molecule has 4 nitrogen and oxygen atoms in total. The van der Waals surface area contributed by atoms with E-state index in [0.29, 0.717) is 0 Å². The molecule has 1 rings (SSSR count). The lowest BCUT2D eigenvalue weighted by molar-refractivity contribution is 0.421. The lowest BCUT2D eigenvalue weighted by atomic mass is 9.81. The van der Waals surface area contributed by atoms with Crippen LogP contribution in [0.1, 0.15) is 0 Å². The lowest BCUT2D eigenvalue weighted by Crippen LogP contribution is -2.43. The molecular formula is C5H5BFNO3. The second-order valence-corrected chi connectivity index (χ2v) is 1.94. The number of halogens is 1. The summed E-state index contributed by atoms with van der Waals surface area (Å²) in [5.74, 6) is -1.02. The van der Waals surface area contributed by atoms with Crippen molar-refractivity contribution >= 4 is 12.6 Å². The molecule has 0 aliphatic heterocycles. The standard InChI is InChI=1S/C5H5BFNO3/c7-5-4(6(10)11)3(9)1-2-8-5/h1-2,10-11H,(H,8,9). The topological polar surface area (TPSA) is 73.3 Å². The highest BCUT2D eigenvalue weighted by Crippen LogP contribution is 1.82. The van der Waals surface area contributed by atoms with E-state index < -0.39 is 24.0 Å². The first-order chi connectivity index (χ1) is 5.13. The second kappa shape index (κ2) is 2.85. The molecule has 0 fully saturated rings. The molecule has 0 unspecified atom stereocenters. The first kappa shape index (κ1) is 7.97. The molecule has 0 saturated heterocycles. The monoisotopic (exact) mass is 157 g/mol. The average Bonchev–Trinajstić information content (AvgIpc) is 1.85. The Hall–Kier alpha value is -1.14. The van der Waals surface area contributed by atoms with Gasteiger partial charge in [-0.25, -0.2) is 0 Å². The molecule has 11 heavy (non-hydrogen) atoms. The zero-order valence-corrected chi connectivity index (χ0v) is 5.41. The minimum Gasteiger partial charge on any atom is -0.423 e. The zero-order chi connectivity index (χ0) is 8.43. The summed E-state index contributed by atoms with van der Waals surface area (Å²) in [7, 11) is -2.07. The van der Waals surface area contributed by atoms with Gasteiger partial charge in [0.25, 0.3) is 0 Å². The molecule has 3 N–H and O–H groups in total. The Balaban J connectivity index is 3.33. The molecule has 1 aromatic heterocycles. The predicted octanol–water partition coefficient (Wildman–Crippen LogP) is -1.81. The minimum absolute atomic E-state index is 0.660. The maximum absolute atomic E-state index is 12.5. The van der Waals surface area contributed by atoms with Gasteiger partial charge in [-0.05, 0) is 0 Å². The van der Waals surface area contributed by atoms with E-state index >= 15 is 0 Å². The third kappa shape index (κ3) is 1.47. The quantitative estimate of drug-likeness (QED) is 0.332. The van der Waals surface area contributed by atoms with E-state index in [-0.39, 0.29) is 0 Å². The summed E-state index contributed by atoms with van der Waals surface area (Å²) in [6.45, 7) is 0. The summed E-state index contributed by atoms with van der Waals surface area (Å²) in [4.78, 5) is 12.7. The number of H-pyrrole nitrogens is 1. The smallest absolute Gasteiger partial charge is 0.423 e. The Morgan fingerprint density at radius 1 is 1.55 bits per heavy atom. The van der Waals surface area contributed by atoms with Crippen LogP contribution in [0.25, 0.3) is 0 Å². The molecule has 0 atom stereocenters. The van der Waals surface area contributed by atoms with Crippen LogP contribution in [-0.4, -0.2) is 22.2 Å². The van der Waals surface area contributed by atoms with Gasteiger partial charge >= 0.3 is 7.12 Å². The molecule has 58 valence electrons. The third-order valence-corrected chi connectivity index (χ3v) is 1.20. The van der Waals surface area contributed by atoms with Gasteiger partial charge in [-0.15, -0.1) is 0 Å². The van der Waals surface area contributed by atoms with Crippen molar-refractivity contribution in [3.8, 4) is 0 Å². The third-order valence-electron chi connectivity index (χ3n) is 1.20. The van der Waals surface area contributed by atoms with E-state index in [4.69, 9.17) is 10.0 Å². The van der Waals surface area contributed by atoms with Crippen LogP contribution in [0.15, 0.2) is 17.1 Å². The van der Waals surface area contributed by atoms with Gasteiger partial charge in [0, 0.05) is 12.3 Å². The van der Waals surface area contributed by atoms with Gasteiger partial charge < -0.3 is 15.0 Å². The number of nitrogens with one attached hydrogen (secondary N) is 1. The Morgan fingerprint density at radius 2 is 2.18 bits per heavy atom. The molecular weight excluding hydrogens is 152 g/mol. The van der Waals surface area contributed by atoms with Crippen LogP contribution in [0.4, 0.5) is 4.39 Å². The summed E-state index contributed by atoms with van der Waals surface area (Å²) in [6.07, 6.45) is 1.09. The molecule has 0 aliphatic carbocycles. The normalized spacial score (nSPS) is 9.73. The van der Waals surface area contributed by atoms with Crippen molar-refractivity contribution in [2.24, 2.45) is 0 Å². The van der Waals surface area contributed by atoms with Crippen LogP contribution in [0.2, 0.25) is 0 Å². The number of hydrogen-bond acceptors (Lipinski definition) is 3. The highest BCUT2D eigenvalue weighted by Gasteiger charge is 2.19. The van der Waals surface area contributed by atoms with Gasteiger partial charge in [-0.2, -0.15) is 4.39 Å². The van der Waals surface area contributed by atoms with Crippen LogP contribution >= 0.6 is 0 Å². The minimum atomic E-state index is -2.07. The van der Waals surface area contributed by atoms with Gasteiger partial charge in [-0.1, -0.05) is 0 Å². The average molecular weight is 157 g/mol. The van der Waals surface area contributed by atoms with Crippen LogP contribution in [-0.2, 0) is 0 Å². The van der Waals surface area contributed by atoms with Crippen molar-refractivity contribution in [2.75, 3.05) is 0 Å². The predicted molar refractivity (Wildman–Crippen MR) is 36.8 cm³/mol. The summed E-state index contributed by atoms with van der Waals surface area (Å²) < 4.78 is 12.5. The fourth-order valence-electron chi connectivity index (χ4n) is 0.707. The Labute approximate surface area is 61.5 Å². The molecule has 0 radical (unpaired) electrons. The number of aromatic nitrogens is 1. The number of pyridine rings is 1. The van der Waals surface area contributed by atoms with Crippen molar-refractivity contribution in [1.29, 1.82) is 0 Å². The van der Waals surface area contributed by atoms with Crippen molar-refractivity contribution in [2.45, 2.75) is 0 Å². The molecule has 0 saturated carbocycles. The molecule has 0 spiro atoms. The summed E-state index contributed by atoms with van der Waals surface area (Å²) in [5, 5.41) is 17.0. The summed E-state index contributed by atoms with van der Waals surface area (Å²) in [6, 6.07) is 1.01. The van der Waals surface area contributed by atoms with Crippen molar-refractivity contribution in [3.05, 3.63) is 28.4 Å². The van der Waals surface area contributed by atoms with Crippen LogP contribution in [0, 0.1) is 5.95 Å². The first-order valence-corrected chi connectivity index (χ1v) is 2.86. The van der Waals surface area contributed by atoms with Crippen molar-refractivity contribution in [3.63, 3.8) is 0 Å². The molecule has 0 bridgehead atoms. The molecule has 0 amide bonds. The number of hydrogen-bond donors (Lipinski definition) is 3. The largest absolute Gasteiger partial charge is 0.497 e. The molecule has 1 aromatic rings. The molecule has 6 heteroatoms. The van der Waals surface area contributed by atoms with E-state index in [0.717, 1.165) is 12.3 Å². The van der Waals surface area contributed by atoms with Crippen LogP contribution < -0.4 is 10.9 Å². The maximum atomic E-state index is 12.5. The number of aromatic amines is 1. The second-order valence-electron chi connectivity index (χ2n) is 1.94. The van der Waals surface area contributed by atoms with E-state index in [1.807, 2.05) is 4.98 Å².